The van der Waals surface area contributed by atoms with Gasteiger partial charge in [-0.1, -0.05) is 19.9 Å². The van der Waals surface area contributed by atoms with Crippen LogP contribution in [0.3, 0.4) is 0 Å². The van der Waals surface area contributed by atoms with Crippen LogP contribution in [0.25, 0.3) is 0 Å². The van der Waals surface area contributed by atoms with Crippen LogP contribution in [0.15, 0.2) is 18.2 Å². The lowest BCUT2D eigenvalue weighted by molar-refractivity contribution is 0.0693. The number of methoxy groups -OCH3 is 1. The van der Waals surface area contributed by atoms with E-state index < -0.39 is 5.97 Å². The number of carboxylic acids is 1. The highest BCUT2D eigenvalue weighted by atomic mass is 16.5. The molecule has 1 N–H and O–H groups in total. The predicted molar refractivity (Wildman–Crippen MR) is 73.6 cm³/mol. The quantitative estimate of drug-likeness (QED) is 0.906. The van der Waals surface area contributed by atoms with E-state index in [1.54, 1.807) is 12.1 Å². The van der Waals surface area contributed by atoms with Crippen LogP contribution in [0.4, 0.5) is 0 Å². The topological polar surface area (TPSA) is 49.8 Å². The Hall–Kier alpha value is -1.55. The molecule has 2 unspecified atom stereocenters. The zero-order valence-electron chi connectivity index (χ0n) is 11.7. The second kappa shape index (κ2) is 5.61. The second-order valence-corrected chi connectivity index (χ2v) is 5.49. The second-order valence-electron chi connectivity index (χ2n) is 5.49. The maximum Gasteiger partial charge on any atom is 0.339 e. The van der Waals surface area contributed by atoms with E-state index in [0.29, 0.717) is 17.6 Å². The van der Waals surface area contributed by atoms with Crippen molar-refractivity contribution in [2.24, 2.45) is 11.8 Å². The fourth-order valence-corrected chi connectivity index (χ4v) is 2.66. The smallest absolute Gasteiger partial charge is 0.339 e. The van der Waals surface area contributed by atoms with Crippen molar-refractivity contribution in [3.8, 4) is 5.75 Å². The molecular weight excluding hydrogens is 242 g/mol. The molecule has 0 bridgehead atoms. The molecule has 1 aliphatic rings. The normalized spacial score (nSPS) is 23.5. The van der Waals surface area contributed by atoms with E-state index in [1.807, 2.05) is 6.07 Å². The first kappa shape index (κ1) is 13.9. The number of hydrogen-bond donors (Lipinski definition) is 1. The summed E-state index contributed by atoms with van der Waals surface area (Å²) in [6.07, 6.45) is 0. The van der Waals surface area contributed by atoms with Gasteiger partial charge in [-0.05, 0) is 29.5 Å². The standard InChI is InChI=1S/C15H21NO3/c1-10-7-16(8-11(10)2)9-12-4-5-14(19-3)13(6-12)15(17)18/h4-6,10-11H,7-9H2,1-3H3,(H,17,18). The maximum atomic E-state index is 11.2. The summed E-state index contributed by atoms with van der Waals surface area (Å²) >= 11 is 0. The number of carboxylic acid groups (broad SMARTS) is 1. The van der Waals surface area contributed by atoms with Crippen LogP contribution in [0.5, 0.6) is 5.75 Å². The molecule has 0 spiro atoms. The van der Waals surface area contributed by atoms with E-state index >= 15 is 0 Å². The van der Waals surface area contributed by atoms with Crippen LogP contribution in [0.1, 0.15) is 29.8 Å². The van der Waals surface area contributed by atoms with Crippen molar-refractivity contribution in [1.29, 1.82) is 0 Å². The van der Waals surface area contributed by atoms with Crippen molar-refractivity contribution >= 4 is 5.97 Å². The van der Waals surface area contributed by atoms with Gasteiger partial charge in [0.2, 0.25) is 0 Å². The van der Waals surface area contributed by atoms with Crippen molar-refractivity contribution < 1.29 is 14.6 Å². The Bertz CT molecular complexity index is 462. The molecule has 0 radical (unpaired) electrons. The molecule has 0 amide bonds. The molecule has 19 heavy (non-hydrogen) atoms. The van der Waals surface area contributed by atoms with Gasteiger partial charge in [0.05, 0.1) is 7.11 Å². The van der Waals surface area contributed by atoms with Gasteiger partial charge >= 0.3 is 5.97 Å². The van der Waals surface area contributed by atoms with Crippen molar-refractivity contribution in [3.63, 3.8) is 0 Å². The van der Waals surface area contributed by atoms with Crippen LogP contribution in [0.2, 0.25) is 0 Å². The summed E-state index contributed by atoms with van der Waals surface area (Å²) in [6.45, 7) is 7.49. The van der Waals surface area contributed by atoms with E-state index in [0.717, 1.165) is 25.2 Å². The number of likely N-dealkylation sites (tertiary alicyclic amines) is 1. The summed E-state index contributed by atoms with van der Waals surface area (Å²) in [7, 11) is 1.49. The number of benzene rings is 1. The van der Waals surface area contributed by atoms with Gasteiger partial charge in [-0.15, -0.1) is 0 Å². The molecule has 4 nitrogen and oxygen atoms in total. The summed E-state index contributed by atoms with van der Waals surface area (Å²) in [5.41, 5.74) is 1.26. The summed E-state index contributed by atoms with van der Waals surface area (Å²) in [4.78, 5) is 13.6. The Balaban J connectivity index is 2.13. The van der Waals surface area contributed by atoms with Crippen molar-refractivity contribution in [3.05, 3.63) is 29.3 Å². The minimum absolute atomic E-state index is 0.236. The first-order valence-corrected chi connectivity index (χ1v) is 6.63. The van der Waals surface area contributed by atoms with E-state index in [-0.39, 0.29) is 5.56 Å². The Labute approximate surface area is 114 Å². The fraction of sp³-hybridized carbons (Fsp3) is 0.533. The number of rotatable bonds is 4. The molecule has 2 atom stereocenters. The maximum absolute atomic E-state index is 11.2. The summed E-state index contributed by atoms with van der Waals surface area (Å²) in [6, 6.07) is 5.40. The average molecular weight is 263 g/mol. The molecule has 0 aliphatic carbocycles. The van der Waals surface area contributed by atoms with Crippen LogP contribution in [-0.2, 0) is 6.54 Å². The SMILES string of the molecule is COc1ccc(CN2CC(C)C(C)C2)cc1C(=O)O. The van der Waals surface area contributed by atoms with Crippen molar-refractivity contribution in [1.82, 2.24) is 4.90 Å². The number of aromatic carboxylic acids is 1. The van der Waals surface area contributed by atoms with Gasteiger partial charge in [0, 0.05) is 19.6 Å². The lowest BCUT2D eigenvalue weighted by Crippen LogP contribution is -2.20. The Morgan fingerprint density at radius 3 is 2.53 bits per heavy atom. The lowest BCUT2D eigenvalue weighted by Gasteiger charge is -2.16. The summed E-state index contributed by atoms with van der Waals surface area (Å²) < 4.78 is 5.07. The largest absolute Gasteiger partial charge is 0.496 e. The highest BCUT2D eigenvalue weighted by Crippen LogP contribution is 2.25. The molecule has 1 heterocycles. The van der Waals surface area contributed by atoms with Gasteiger partial charge in [0.1, 0.15) is 11.3 Å². The number of hydrogen-bond acceptors (Lipinski definition) is 3. The minimum Gasteiger partial charge on any atom is -0.496 e. The lowest BCUT2D eigenvalue weighted by atomic mass is 10.0. The van der Waals surface area contributed by atoms with Crippen LogP contribution < -0.4 is 4.74 Å². The average Bonchev–Trinajstić information content (AvgIpc) is 2.68. The van der Waals surface area contributed by atoms with Gasteiger partial charge in [-0.3, -0.25) is 4.90 Å². The zero-order valence-corrected chi connectivity index (χ0v) is 11.7. The van der Waals surface area contributed by atoms with Gasteiger partial charge in [0.15, 0.2) is 0 Å². The van der Waals surface area contributed by atoms with Gasteiger partial charge in [-0.2, -0.15) is 0 Å². The number of nitrogens with zero attached hydrogens (tertiary/aromatic N) is 1. The molecule has 0 aromatic heterocycles. The number of ether oxygens (including phenoxy) is 1. The molecule has 2 rings (SSSR count). The Kier molecular flexibility index (Phi) is 4.10. The molecule has 1 aliphatic heterocycles. The van der Waals surface area contributed by atoms with Gasteiger partial charge in [0.25, 0.3) is 0 Å². The third-order valence-electron chi connectivity index (χ3n) is 3.96. The molecule has 104 valence electrons. The molecule has 1 fully saturated rings. The molecule has 1 aromatic carbocycles. The van der Waals surface area contributed by atoms with Crippen molar-refractivity contribution in [2.45, 2.75) is 20.4 Å². The fourth-order valence-electron chi connectivity index (χ4n) is 2.66. The van der Waals surface area contributed by atoms with Gasteiger partial charge < -0.3 is 9.84 Å². The summed E-state index contributed by atoms with van der Waals surface area (Å²) in [5, 5.41) is 9.17. The monoisotopic (exact) mass is 263 g/mol. The predicted octanol–water partition coefficient (Wildman–Crippen LogP) is 2.48. The highest BCUT2D eigenvalue weighted by molar-refractivity contribution is 5.91. The Morgan fingerprint density at radius 1 is 1.37 bits per heavy atom. The van der Waals surface area contributed by atoms with E-state index in [4.69, 9.17) is 4.74 Å². The zero-order chi connectivity index (χ0) is 14.0. The molecule has 4 heteroatoms. The van der Waals surface area contributed by atoms with Crippen LogP contribution >= 0.6 is 0 Å². The number of carbonyl (C=O) groups is 1. The minimum atomic E-state index is -0.943. The van der Waals surface area contributed by atoms with E-state index in [2.05, 4.69) is 18.7 Å². The van der Waals surface area contributed by atoms with Crippen LogP contribution in [0, 0.1) is 11.8 Å². The van der Waals surface area contributed by atoms with Crippen molar-refractivity contribution in [2.75, 3.05) is 20.2 Å². The molecular formula is C15H21NO3. The van der Waals surface area contributed by atoms with E-state index in [1.165, 1.54) is 7.11 Å². The summed E-state index contributed by atoms with van der Waals surface area (Å²) in [5.74, 6) is 0.885. The molecule has 0 saturated carbocycles. The molecule has 1 saturated heterocycles. The van der Waals surface area contributed by atoms with Crippen LogP contribution in [-0.4, -0.2) is 36.2 Å². The molecule has 1 aromatic rings. The first-order valence-electron chi connectivity index (χ1n) is 6.63. The third kappa shape index (κ3) is 3.07. The van der Waals surface area contributed by atoms with E-state index in [9.17, 15) is 9.90 Å². The third-order valence-corrected chi connectivity index (χ3v) is 3.96. The Morgan fingerprint density at radius 2 is 2.00 bits per heavy atom. The first-order chi connectivity index (χ1) is 9.01. The highest BCUT2D eigenvalue weighted by Gasteiger charge is 2.26. The van der Waals surface area contributed by atoms with Gasteiger partial charge in [-0.25, -0.2) is 4.79 Å².